The van der Waals surface area contributed by atoms with Crippen LogP contribution < -0.4 is 10.6 Å². The highest BCUT2D eigenvalue weighted by molar-refractivity contribution is 5.85. The first-order valence-corrected chi connectivity index (χ1v) is 9.31. The van der Waals surface area contributed by atoms with Crippen LogP contribution in [-0.2, 0) is 9.59 Å². The van der Waals surface area contributed by atoms with E-state index < -0.39 is 0 Å². The van der Waals surface area contributed by atoms with Gasteiger partial charge in [0.1, 0.15) is 0 Å². The molecule has 6 heteroatoms. The second-order valence-electron chi connectivity index (χ2n) is 7.00. The number of amides is 2. The van der Waals surface area contributed by atoms with Gasteiger partial charge >= 0.3 is 0 Å². The van der Waals surface area contributed by atoms with Gasteiger partial charge in [0.05, 0.1) is 12.5 Å². The van der Waals surface area contributed by atoms with E-state index in [0.717, 1.165) is 44.6 Å². The third-order valence-electron chi connectivity index (χ3n) is 4.89. The summed E-state index contributed by atoms with van der Waals surface area (Å²) in [6.45, 7) is 9.30. The minimum absolute atomic E-state index is 0. The SMILES string of the molecule is CCNCC1CCN(C(=O)CC(NC(C)=O)c2ccc(C)cc2)CC1.Cl. The van der Waals surface area contributed by atoms with Crippen LogP contribution in [0.25, 0.3) is 0 Å². The van der Waals surface area contributed by atoms with Crippen molar-refractivity contribution in [1.29, 1.82) is 0 Å². The van der Waals surface area contributed by atoms with Crippen molar-refractivity contribution < 1.29 is 9.59 Å². The molecule has 2 amide bonds. The van der Waals surface area contributed by atoms with E-state index in [9.17, 15) is 9.59 Å². The van der Waals surface area contributed by atoms with E-state index in [-0.39, 0.29) is 30.3 Å². The minimum atomic E-state index is -0.259. The van der Waals surface area contributed by atoms with Crippen LogP contribution in [0.4, 0.5) is 0 Å². The maximum absolute atomic E-state index is 12.7. The number of rotatable bonds is 7. The maximum Gasteiger partial charge on any atom is 0.224 e. The number of hydrogen-bond donors (Lipinski definition) is 2. The largest absolute Gasteiger partial charge is 0.349 e. The van der Waals surface area contributed by atoms with Crippen LogP contribution in [0.5, 0.6) is 0 Å². The molecule has 0 saturated carbocycles. The Kier molecular flexibility index (Phi) is 9.66. The number of benzene rings is 1. The molecule has 1 heterocycles. The molecule has 1 aliphatic heterocycles. The molecule has 1 atom stereocenters. The number of aryl methyl sites for hydroxylation is 1. The van der Waals surface area contributed by atoms with E-state index in [1.54, 1.807) is 0 Å². The van der Waals surface area contributed by atoms with Crippen molar-refractivity contribution in [2.24, 2.45) is 5.92 Å². The monoisotopic (exact) mass is 381 g/mol. The lowest BCUT2D eigenvalue weighted by Crippen LogP contribution is -2.42. The van der Waals surface area contributed by atoms with Gasteiger partial charge in [-0.2, -0.15) is 0 Å². The molecular weight excluding hydrogens is 350 g/mol. The zero-order valence-corrected chi connectivity index (χ0v) is 16.9. The molecule has 0 bridgehead atoms. The second kappa shape index (κ2) is 11.2. The molecule has 26 heavy (non-hydrogen) atoms. The van der Waals surface area contributed by atoms with Gasteiger partial charge in [0, 0.05) is 20.0 Å². The number of carbonyl (C=O) groups is 2. The summed E-state index contributed by atoms with van der Waals surface area (Å²) >= 11 is 0. The predicted octanol–water partition coefficient (Wildman–Crippen LogP) is 2.83. The molecule has 1 aliphatic rings. The Labute approximate surface area is 163 Å². The minimum Gasteiger partial charge on any atom is -0.349 e. The first kappa shape index (κ1) is 22.5. The number of carbonyl (C=O) groups excluding carboxylic acids is 2. The Morgan fingerprint density at radius 1 is 1.19 bits per heavy atom. The first-order valence-electron chi connectivity index (χ1n) is 9.31. The normalized spacial score (nSPS) is 15.9. The molecule has 0 spiro atoms. The Morgan fingerprint density at radius 2 is 1.81 bits per heavy atom. The molecule has 1 unspecified atom stereocenters. The van der Waals surface area contributed by atoms with Gasteiger partial charge in [-0.25, -0.2) is 0 Å². The van der Waals surface area contributed by atoms with Crippen LogP contribution in [0.2, 0.25) is 0 Å². The summed E-state index contributed by atoms with van der Waals surface area (Å²) in [4.78, 5) is 26.2. The smallest absolute Gasteiger partial charge is 0.224 e. The average molecular weight is 382 g/mol. The van der Waals surface area contributed by atoms with Gasteiger partial charge in [0.15, 0.2) is 0 Å². The van der Waals surface area contributed by atoms with Crippen LogP contribution in [0.3, 0.4) is 0 Å². The number of halogens is 1. The van der Waals surface area contributed by atoms with Crippen LogP contribution in [-0.4, -0.2) is 42.9 Å². The van der Waals surface area contributed by atoms with Crippen molar-refractivity contribution in [2.45, 2.75) is 46.1 Å². The third-order valence-corrected chi connectivity index (χ3v) is 4.89. The van der Waals surface area contributed by atoms with Gasteiger partial charge in [-0.1, -0.05) is 36.8 Å². The summed E-state index contributed by atoms with van der Waals surface area (Å²) in [5.41, 5.74) is 2.15. The van der Waals surface area contributed by atoms with Gasteiger partial charge in [-0.3, -0.25) is 9.59 Å². The van der Waals surface area contributed by atoms with E-state index >= 15 is 0 Å². The average Bonchev–Trinajstić information content (AvgIpc) is 2.60. The Balaban J connectivity index is 0.00000338. The Morgan fingerprint density at radius 3 is 2.35 bits per heavy atom. The van der Waals surface area contributed by atoms with Gasteiger partial charge in [-0.05, 0) is 44.3 Å². The number of nitrogens with zero attached hydrogens (tertiary/aromatic N) is 1. The molecule has 1 fully saturated rings. The van der Waals surface area contributed by atoms with Crippen LogP contribution >= 0.6 is 12.4 Å². The number of likely N-dealkylation sites (tertiary alicyclic amines) is 1. The summed E-state index contributed by atoms with van der Waals surface area (Å²) in [6, 6.07) is 7.75. The van der Waals surface area contributed by atoms with Gasteiger partial charge in [0.25, 0.3) is 0 Å². The zero-order chi connectivity index (χ0) is 18.2. The van der Waals surface area contributed by atoms with Crippen LogP contribution in [0.15, 0.2) is 24.3 Å². The summed E-state index contributed by atoms with van der Waals surface area (Å²) in [5, 5.41) is 6.32. The lowest BCUT2D eigenvalue weighted by atomic mass is 9.95. The molecule has 5 nitrogen and oxygen atoms in total. The highest BCUT2D eigenvalue weighted by Crippen LogP contribution is 2.22. The summed E-state index contributed by atoms with van der Waals surface area (Å²) in [7, 11) is 0. The molecular formula is C20H32ClN3O2. The quantitative estimate of drug-likeness (QED) is 0.763. The third kappa shape index (κ3) is 6.96. The fraction of sp³-hybridized carbons (Fsp3) is 0.600. The molecule has 1 aromatic carbocycles. The number of nitrogens with one attached hydrogen (secondary N) is 2. The molecule has 146 valence electrons. The lowest BCUT2D eigenvalue weighted by Gasteiger charge is -2.33. The Hall–Kier alpha value is -1.59. The maximum atomic E-state index is 12.7. The fourth-order valence-electron chi connectivity index (χ4n) is 3.34. The number of piperidine rings is 1. The van der Waals surface area contributed by atoms with E-state index in [1.807, 2.05) is 36.1 Å². The van der Waals surface area contributed by atoms with Crippen molar-refractivity contribution in [3.8, 4) is 0 Å². The van der Waals surface area contributed by atoms with Crippen molar-refractivity contribution in [2.75, 3.05) is 26.2 Å². The number of hydrogen-bond acceptors (Lipinski definition) is 3. The van der Waals surface area contributed by atoms with Crippen molar-refractivity contribution >= 4 is 24.2 Å². The first-order chi connectivity index (χ1) is 12.0. The molecule has 1 saturated heterocycles. The highest BCUT2D eigenvalue weighted by Gasteiger charge is 2.25. The molecule has 2 N–H and O–H groups in total. The van der Waals surface area contributed by atoms with Gasteiger partial charge < -0.3 is 15.5 Å². The van der Waals surface area contributed by atoms with Gasteiger partial charge in [-0.15, -0.1) is 12.4 Å². The van der Waals surface area contributed by atoms with Gasteiger partial charge in [0.2, 0.25) is 11.8 Å². The summed E-state index contributed by atoms with van der Waals surface area (Å²) in [6.07, 6.45) is 2.42. The second-order valence-corrected chi connectivity index (χ2v) is 7.00. The summed E-state index contributed by atoms with van der Waals surface area (Å²) < 4.78 is 0. The van der Waals surface area contributed by atoms with E-state index in [1.165, 1.54) is 12.5 Å². The van der Waals surface area contributed by atoms with E-state index in [4.69, 9.17) is 0 Å². The van der Waals surface area contributed by atoms with Crippen molar-refractivity contribution in [3.05, 3.63) is 35.4 Å². The van der Waals surface area contributed by atoms with Crippen LogP contribution in [0.1, 0.15) is 50.3 Å². The van der Waals surface area contributed by atoms with E-state index in [0.29, 0.717) is 12.3 Å². The molecule has 2 rings (SSSR count). The molecule has 1 aromatic rings. The standard InChI is InChI=1S/C20H31N3O2.ClH/c1-4-21-14-17-9-11-23(12-10-17)20(25)13-19(22-16(3)24)18-7-5-15(2)6-8-18;/h5-8,17,19,21H,4,9-14H2,1-3H3,(H,22,24);1H. The highest BCUT2D eigenvalue weighted by atomic mass is 35.5. The van der Waals surface area contributed by atoms with Crippen molar-refractivity contribution in [1.82, 2.24) is 15.5 Å². The molecule has 0 aromatic heterocycles. The van der Waals surface area contributed by atoms with Crippen LogP contribution in [0, 0.1) is 12.8 Å². The fourth-order valence-corrected chi connectivity index (χ4v) is 3.34. The lowest BCUT2D eigenvalue weighted by molar-refractivity contribution is -0.133. The predicted molar refractivity (Wildman–Crippen MR) is 107 cm³/mol. The molecule has 0 aliphatic carbocycles. The molecule has 0 radical (unpaired) electrons. The topological polar surface area (TPSA) is 61.4 Å². The van der Waals surface area contributed by atoms with E-state index in [2.05, 4.69) is 17.6 Å². The Bertz CT molecular complexity index is 569. The zero-order valence-electron chi connectivity index (χ0n) is 16.1. The summed E-state index contributed by atoms with van der Waals surface area (Å²) in [5.74, 6) is 0.677. The van der Waals surface area contributed by atoms with Crippen molar-refractivity contribution in [3.63, 3.8) is 0 Å².